The van der Waals surface area contributed by atoms with Crippen LogP contribution in [0, 0.1) is 0 Å². The van der Waals surface area contributed by atoms with Gasteiger partial charge in [0.2, 0.25) is 0 Å². The van der Waals surface area contributed by atoms with E-state index in [0.29, 0.717) is 12.4 Å². The molecule has 1 aliphatic rings. The summed E-state index contributed by atoms with van der Waals surface area (Å²) in [6, 6.07) is 22.6. The summed E-state index contributed by atoms with van der Waals surface area (Å²) in [6.45, 7) is 4.53. The fraction of sp³-hybridized carbons (Fsp3) is 0.240. The number of fused-ring (bicyclic) bond motifs is 1. The number of benzene rings is 2. The maximum atomic E-state index is 6.06. The van der Waals surface area contributed by atoms with Crippen molar-refractivity contribution in [1.29, 1.82) is 0 Å². The van der Waals surface area contributed by atoms with Gasteiger partial charge in [-0.15, -0.1) is 0 Å². The van der Waals surface area contributed by atoms with Gasteiger partial charge in [0.1, 0.15) is 31.6 Å². The topological polar surface area (TPSA) is 64.4 Å². The number of anilines is 1. The molecule has 2 N–H and O–H groups in total. The van der Waals surface area contributed by atoms with Crippen LogP contribution in [0.4, 0.5) is 5.82 Å². The van der Waals surface area contributed by atoms with Crippen LogP contribution in [0.15, 0.2) is 79.1 Å². The van der Waals surface area contributed by atoms with Gasteiger partial charge < -0.3 is 15.0 Å². The van der Waals surface area contributed by atoms with Gasteiger partial charge in [-0.2, -0.15) is 0 Å². The molecule has 0 spiro atoms. The minimum atomic E-state index is 0.142. The van der Waals surface area contributed by atoms with Crippen LogP contribution in [-0.4, -0.2) is 47.3 Å². The van der Waals surface area contributed by atoms with Crippen LogP contribution in [0.1, 0.15) is 5.56 Å². The van der Waals surface area contributed by atoms with E-state index in [1.807, 2.05) is 30.3 Å². The lowest BCUT2D eigenvalue weighted by atomic mass is 10.2. The lowest BCUT2D eigenvalue weighted by Gasteiger charge is -2.30. The monoisotopic (exact) mass is 412 g/mol. The Labute approximate surface area is 181 Å². The van der Waals surface area contributed by atoms with Crippen molar-refractivity contribution in [1.82, 2.24) is 15.0 Å². The minimum Gasteiger partial charge on any atom is -0.367 e. The van der Waals surface area contributed by atoms with E-state index in [1.165, 1.54) is 5.56 Å². The highest BCUT2D eigenvalue weighted by Gasteiger charge is 2.24. The third kappa shape index (κ3) is 4.71. The number of morpholine rings is 1. The fourth-order valence-corrected chi connectivity index (χ4v) is 4.08. The molecule has 5 rings (SSSR count). The van der Waals surface area contributed by atoms with Crippen LogP contribution in [-0.2, 0) is 11.3 Å². The molecule has 3 heterocycles. The Kier molecular flexibility index (Phi) is 5.82. The summed E-state index contributed by atoms with van der Waals surface area (Å²) in [4.78, 5) is 15.3. The van der Waals surface area contributed by atoms with Crippen LogP contribution >= 0.6 is 0 Å². The van der Waals surface area contributed by atoms with E-state index >= 15 is 0 Å². The number of aromatic nitrogens is 3. The smallest absolute Gasteiger partial charge is 0.163 e. The van der Waals surface area contributed by atoms with Gasteiger partial charge in [0.15, 0.2) is 5.82 Å². The second kappa shape index (κ2) is 9.20. The Balaban J connectivity index is 1.32. The third-order valence-corrected chi connectivity index (χ3v) is 5.64. The second-order valence-electron chi connectivity index (χ2n) is 7.89. The molecule has 1 fully saturated rings. The first kappa shape index (κ1) is 19.6. The van der Waals surface area contributed by atoms with E-state index in [0.717, 1.165) is 48.5 Å². The first-order valence-corrected chi connectivity index (χ1v) is 10.8. The molecular formula is C25H26N5O+. The lowest BCUT2D eigenvalue weighted by molar-refractivity contribution is -0.924. The Morgan fingerprint density at radius 2 is 1.84 bits per heavy atom. The zero-order valence-electron chi connectivity index (χ0n) is 17.4. The van der Waals surface area contributed by atoms with Gasteiger partial charge in [0.05, 0.1) is 12.1 Å². The molecular weight excluding hydrogens is 386 g/mol. The van der Waals surface area contributed by atoms with Gasteiger partial charge in [-0.25, -0.2) is 9.97 Å². The number of pyridine rings is 1. The van der Waals surface area contributed by atoms with Gasteiger partial charge >= 0.3 is 0 Å². The first-order chi connectivity index (χ1) is 15.3. The average molecular weight is 413 g/mol. The number of ether oxygens (including phenoxy) is 1. The molecule has 156 valence electrons. The zero-order valence-corrected chi connectivity index (χ0v) is 17.4. The molecule has 0 amide bonds. The molecule has 1 unspecified atom stereocenters. The van der Waals surface area contributed by atoms with Crippen molar-refractivity contribution >= 4 is 16.7 Å². The summed E-state index contributed by atoms with van der Waals surface area (Å²) >= 11 is 0. The van der Waals surface area contributed by atoms with Crippen LogP contribution in [0.3, 0.4) is 0 Å². The van der Waals surface area contributed by atoms with Gasteiger partial charge in [0.25, 0.3) is 0 Å². The molecule has 0 bridgehead atoms. The van der Waals surface area contributed by atoms with E-state index < -0.39 is 0 Å². The largest absolute Gasteiger partial charge is 0.367 e. The normalized spacial score (nSPS) is 18.7. The zero-order chi connectivity index (χ0) is 20.9. The van der Waals surface area contributed by atoms with E-state index in [1.54, 1.807) is 17.3 Å². The molecule has 2 aromatic carbocycles. The van der Waals surface area contributed by atoms with Crippen molar-refractivity contribution in [2.45, 2.75) is 12.6 Å². The van der Waals surface area contributed by atoms with Crippen molar-refractivity contribution in [3.63, 3.8) is 0 Å². The van der Waals surface area contributed by atoms with Crippen LogP contribution in [0.25, 0.3) is 22.3 Å². The van der Waals surface area contributed by atoms with E-state index in [4.69, 9.17) is 14.7 Å². The molecule has 1 saturated heterocycles. The predicted octanol–water partition coefficient (Wildman–Crippen LogP) is 2.59. The SMILES string of the molecule is c1ccc(C[NH+]2CCO[C@@H](CNc3nc(-c4cccnc4)nc4ccccc34)C2)cc1. The molecule has 0 saturated carbocycles. The van der Waals surface area contributed by atoms with Gasteiger partial charge in [0, 0.05) is 35.5 Å². The number of para-hydroxylation sites is 1. The molecule has 1 aliphatic heterocycles. The first-order valence-electron chi connectivity index (χ1n) is 10.8. The number of hydrogen-bond acceptors (Lipinski definition) is 5. The average Bonchev–Trinajstić information content (AvgIpc) is 2.84. The molecule has 6 heteroatoms. The highest BCUT2D eigenvalue weighted by Crippen LogP contribution is 2.24. The maximum absolute atomic E-state index is 6.06. The molecule has 31 heavy (non-hydrogen) atoms. The Morgan fingerprint density at radius 3 is 2.71 bits per heavy atom. The molecule has 4 aromatic rings. The summed E-state index contributed by atoms with van der Waals surface area (Å²) in [5, 5.41) is 4.56. The Morgan fingerprint density at radius 1 is 0.968 bits per heavy atom. The fourth-order valence-electron chi connectivity index (χ4n) is 4.08. The highest BCUT2D eigenvalue weighted by molar-refractivity contribution is 5.90. The van der Waals surface area contributed by atoms with Crippen LogP contribution in [0.5, 0.6) is 0 Å². The Bertz CT molecular complexity index is 1140. The summed E-state index contributed by atoms with van der Waals surface area (Å²) in [5.74, 6) is 1.51. The molecule has 0 aliphatic carbocycles. The van der Waals surface area contributed by atoms with Gasteiger partial charge in [-0.1, -0.05) is 42.5 Å². The van der Waals surface area contributed by atoms with Gasteiger partial charge in [-0.05, 0) is 24.3 Å². The molecule has 6 nitrogen and oxygen atoms in total. The predicted molar refractivity (Wildman–Crippen MR) is 122 cm³/mol. The second-order valence-corrected chi connectivity index (χ2v) is 7.89. The van der Waals surface area contributed by atoms with Crippen molar-refractivity contribution in [2.24, 2.45) is 0 Å². The van der Waals surface area contributed by atoms with Crippen molar-refractivity contribution < 1.29 is 9.64 Å². The number of nitrogens with one attached hydrogen (secondary N) is 2. The molecule has 0 radical (unpaired) electrons. The highest BCUT2D eigenvalue weighted by atomic mass is 16.5. The van der Waals surface area contributed by atoms with Crippen molar-refractivity contribution in [3.05, 3.63) is 84.7 Å². The summed E-state index contributed by atoms with van der Waals surface area (Å²) in [6.07, 6.45) is 3.69. The van der Waals surface area contributed by atoms with Gasteiger partial charge in [-0.3, -0.25) is 4.98 Å². The van der Waals surface area contributed by atoms with Crippen LogP contribution in [0.2, 0.25) is 0 Å². The number of nitrogens with zero attached hydrogens (tertiary/aromatic N) is 3. The number of hydrogen-bond donors (Lipinski definition) is 2. The quantitative estimate of drug-likeness (QED) is 0.510. The third-order valence-electron chi connectivity index (χ3n) is 5.64. The van der Waals surface area contributed by atoms with E-state index in [2.05, 4.69) is 46.7 Å². The lowest BCUT2D eigenvalue weighted by Crippen LogP contribution is -3.13. The van der Waals surface area contributed by atoms with Crippen molar-refractivity contribution in [2.75, 3.05) is 31.6 Å². The minimum absolute atomic E-state index is 0.142. The number of rotatable bonds is 6. The number of quaternary nitrogens is 1. The van der Waals surface area contributed by atoms with Crippen molar-refractivity contribution in [3.8, 4) is 11.4 Å². The molecule has 2 atom stereocenters. The van der Waals surface area contributed by atoms with E-state index in [-0.39, 0.29) is 6.10 Å². The van der Waals surface area contributed by atoms with E-state index in [9.17, 15) is 0 Å². The summed E-state index contributed by atoms with van der Waals surface area (Å²) in [5.41, 5.74) is 3.19. The van der Waals surface area contributed by atoms with Crippen LogP contribution < -0.4 is 10.2 Å². The standard InChI is InChI=1S/C25H25N5O/c1-2-7-19(8-3-1)17-30-13-14-31-21(18-30)16-27-25-22-10-4-5-11-23(22)28-24(29-25)20-9-6-12-26-15-20/h1-12,15,21H,13-14,16-18H2,(H,27,28,29)/p+1/t21-/m0/s1. The Hall–Kier alpha value is -3.35. The summed E-state index contributed by atoms with van der Waals surface area (Å²) < 4.78 is 6.06. The summed E-state index contributed by atoms with van der Waals surface area (Å²) in [7, 11) is 0. The maximum Gasteiger partial charge on any atom is 0.163 e. The molecule has 2 aromatic heterocycles.